The molecule has 0 aliphatic rings. The van der Waals surface area contributed by atoms with Gasteiger partial charge < -0.3 is 9.88 Å². The molecule has 1 amide bonds. The van der Waals surface area contributed by atoms with Crippen LogP contribution < -0.4 is 5.56 Å². The zero-order valence-corrected chi connectivity index (χ0v) is 15.1. The van der Waals surface area contributed by atoms with Crippen LogP contribution in [0, 0.1) is 20.8 Å². The largest absolute Gasteiger partial charge is 0.335 e. The second-order valence-electron chi connectivity index (χ2n) is 6.54. The molecule has 1 aromatic carbocycles. The predicted octanol–water partition coefficient (Wildman–Crippen LogP) is 3.01. The summed E-state index contributed by atoms with van der Waals surface area (Å²) in [5.74, 6) is -0.186. The van der Waals surface area contributed by atoms with Gasteiger partial charge in [0, 0.05) is 35.3 Å². The van der Waals surface area contributed by atoms with Crippen molar-refractivity contribution in [3.63, 3.8) is 0 Å². The number of rotatable bonds is 3. The van der Waals surface area contributed by atoms with Gasteiger partial charge in [0.2, 0.25) is 5.56 Å². The Morgan fingerprint density at radius 2 is 1.92 bits per heavy atom. The third kappa shape index (κ3) is 2.95. The summed E-state index contributed by atoms with van der Waals surface area (Å²) < 4.78 is 0. The van der Waals surface area contributed by atoms with Gasteiger partial charge in [-0.3, -0.25) is 14.7 Å². The maximum Gasteiger partial charge on any atom is 0.254 e. The average Bonchev–Trinajstić information content (AvgIpc) is 2.91. The Kier molecular flexibility index (Phi) is 4.20. The monoisotopic (exact) mass is 338 g/mol. The Labute approximate surface area is 145 Å². The van der Waals surface area contributed by atoms with Crippen molar-refractivity contribution in [1.82, 2.24) is 20.1 Å². The Bertz CT molecular complexity index is 996. The number of nitrogens with one attached hydrogen (secondary N) is 2. The molecule has 0 saturated heterocycles. The summed E-state index contributed by atoms with van der Waals surface area (Å²) in [4.78, 5) is 29.5. The number of amides is 1. The number of aryl methyl sites for hydroxylation is 3. The van der Waals surface area contributed by atoms with Crippen molar-refractivity contribution in [3.05, 3.63) is 62.7 Å². The van der Waals surface area contributed by atoms with Crippen LogP contribution in [0.1, 0.15) is 45.8 Å². The Balaban J connectivity index is 2.07. The van der Waals surface area contributed by atoms with Crippen molar-refractivity contribution in [2.45, 2.75) is 33.7 Å². The van der Waals surface area contributed by atoms with Crippen LogP contribution in [0.5, 0.6) is 0 Å². The van der Waals surface area contributed by atoms with Gasteiger partial charge in [-0.05, 0) is 39.8 Å². The standard InChI is InChI=1S/C19H22N4O2/c1-10-6-7-16-14(8-10)15(9-17(24)20-16)19(25)23(5)13(4)18-11(2)21-22-12(18)3/h6-9,13H,1-5H3,(H,20,24)(H,21,22). The van der Waals surface area contributed by atoms with Crippen LogP contribution in [0.15, 0.2) is 29.1 Å². The molecule has 0 spiro atoms. The van der Waals surface area contributed by atoms with E-state index >= 15 is 0 Å². The highest BCUT2D eigenvalue weighted by molar-refractivity contribution is 6.06. The number of hydrogen-bond donors (Lipinski definition) is 2. The Morgan fingerprint density at radius 1 is 1.20 bits per heavy atom. The summed E-state index contributed by atoms with van der Waals surface area (Å²) in [5.41, 5.74) is 4.64. The maximum atomic E-state index is 13.1. The fourth-order valence-corrected chi connectivity index (χ4v) is 3.28. The summed E-state index contributed by atoms with van der Waals surface area (Å²) >= 11 is 0. The van der Waals surface area contributed by atoms with E-state index in [1.54, 1.807) is 11.9 Å². The molecule has 3 rings (SSSR count). The van der Waals surface area contributed by atoms with Gasteiger partial charge in [0.15, 0.2) is 0 Å². The van der Waals surface area contributed by atoms with Crippen LogP contribution in [0.2, 0.25) is 0 Å². The molecule has 2 N–H and O–H groups in total. The van der Waals surface area contributed by atoms with Gasteiger partial charge in [-0.25, -0.2) is 0 Å². The lowest BCUT2D eigenvalue weighted by Crippen LogP contribution is -2.31. The van der Waals surface area contributed by atoms with Crippen molar-refractivity contribution in [2.24, 2.45) is 0 Å². The van der Waals surface area contributed by atoms with E-state index in [0.29, 0.717) is 11.1 Å². The van der Waals surface area contributed by atoms with E-state index in [0.717, 1.165) is 27.9 Å². The summed E-state index contributed by atoms with van der Waals surface area (Å²) in [6.45, 7) is 7.78. The fraction of sp³-hybridized carbons (Fsp3) is 0.316. The number of pyridine rings is 1. The second-order valence-corrected chi connectivity index (χ2v) is 6.54. The molecule has 6 heteroatoms. The Morgan fingerprint density at radius 3 is 2.56 bits per heavy atom. The van der Waals surface area contributed by atoms with E-state index in [9.17, 15) is 9.59 Å². The fourth-order valence-electron chi connectivity index (χ4n) is 3.28. The minimum atomic E-state index is -0.281. The Hall–Kier alpha value is -2.89. The van der Waals surface area contributed by atoms with Gasteiger partial charge in [0.05, 0.1) is 17.3 Å². The number of fused-ring (bicyclic) bond motifs is 1. The third-order valence-electron chi connectivity index (χ3n) is 4.73. The van der Waals surface area contributed by atoms with Crippen molar-refractivity contribution >= 4 is 16.8 Å². The zero-order valence-electron chi connectivity index (χ0n) is 15.1. The van der Waals surface area contributed by atoms with Gasteiger partial charge in [-0.1, -0.05) is 11.6 Å². The first kappa shape index (κ1) is 17.0. The van der Waals surface area contributed by atoms with Gasteiger partial charge in [0.25, 0.3) is 5.91 Å². The molecule has 1 unspecified atom stereocenters. The van der Waals surface area contributed by atoms with E-state index in [1.807, 2.05) is 45.9 Å². The molecule has 1 atom stereocenters. The maximum absolute atomic E-state index is 13.1. The minimum Gasteiger partial charge on any atom is -0.335 e. The second kappa shape index (κ2) is 6.20. The molecule has 0 saturated carbocycles. The molecule has 6 nitrogen and oxygen atoms in total. The van der Waals surface area contributed by atoms with Gasteiger partial charge in [-0.2, -0.15) is 5.10 Å². The van der Waals surface area contributed by atoms with Crippen LogP contribution in [0.3, 0.4) is 0 Å². The molecule has 25 heavy (non-hydrogen) atoms. The number of nitrogens with zero attached hydrogens (tertiary/aromatic N) is 2. The van der Waals surface area contributed by atoms with E-state index in [1.165, 1.54) is 6.07 Å². The molecule has 0 fully saturated rings. The first-order valence-electron chi connectivity index (χ1n) is 8.22. The summed E-state index contributed by atoms with van der Waals surface area (Å²) in [6.07, 6.45) is 0. The van der Waals surface area contributed by atoms with Gasteiger partial charge >= 0.3 is 0 Å². The number of aromatic nitrogens is 3. The minimum absolute atomic E-state index is 0.162. The van der Waals surface area contributed by atoms with Gasteiger partial charge in [0.1, 0.15) is 0 Å². The molecule has 2 heterocycles. The number of benzene rings is 1. The van der Waals surface area contributed by atoms with Crippen LogP contribution in [0.4, 0.5) is 0 Å². The van der Waals surface area contributed by atoms with Crippen molar-refractivity contribution in [1.29, 1.82) is 0 Å². The quantitative estimate of drug-likeness (QED) is 0.770. The number of hydrogen-bond acceptors (Lipinski definition) is 3. The molecule has 2 aromatic heterocycles. The van der Waals surface area contributed by atoms with E-state index in [-0.39, 0.29) is 17.5 Å². The van der Waals surface area contributed by atoms with Crippen molar-refractivity contribution < 1.29 is 4.79 Å². The summed E-state index contributed by atoms with van der Waals surface area (Å²) in [5, 5.41) is 7.92. The first-order chi connectivity index (χ1) is 11.8. The highest BCUT2D eigenvalue weighted by Crippen LogP contribution is 2.27. The number of aromatic amines is 2. The number of carbonyl (C=O) groups is 1. The van der Waals surface area contributed by atoms with Crippen LogP contribution in [-0.4, -0.2) is 33.0 Å². The topological polar surface area (TPSA) is 81.8 Å². The van der Waals surface area contributed by atoms with Gasteiger partial charge in [-0.15, -0.1) is 0 Å². The normalized spacial score (nSPS) is 12.4. The lowest BCUT2D eigenvalue weighted by molar-refractivity contribution is 0.0744. The van der Waals surface area contributed by atoms with E-state index in [2.05, 4.69) is 15.2 Å². The molecule has 0 bridgehead atoms. The average molecular weight is 338 g/mol. The molecule has 0 radical (unpaired) electrons. The number of H-pyrrole nitrogens is 2. The lowest BCUT2D eigenvalue weighted by Gasteiger charge is -2.26. The van der Waals surface area contributed by atoms with Crippen molar-refractivity contribution in [2.75, 3.05) is 7.05 Å². The van der Waals surface area contributed by atoms with Crippen LogP contribution in [-0.2, 0) is 0 Å². The smallest absolute Gasteiger partial charge is 0.254 e. The first-order valence-corrected chi connectivity index (χ1v) is 8.22. The molecular formula is C19H22N4O2. The highest BCUT2D eigenvalue weighted by Gasteiger charge is 2.24. The van der Waals surface area contributed by atoms with E-state index in [4.69, 9.17) is 0 Å². The molecule has 0 aliphatic heterocycles. The molecule has 0 aliphatic carbocycles. The molecular weight excluding hydrogens is 316 g/mol. The zero-order chi connectivity index (χ0) is 18.3. The number of carbonyl (C=O) groups excluding carboxylic acids is 1. The highest BCUT2D eigenvalue weighted by atomic mass is 16.2. The van der Waals surface area contributed by atoms with E-state index < -0.39 is 0 Å². The predicted molar refractivity (Wildman–Crippen MR) is 97.9 cm³/mol. The summed E-state index contributed by atoms with van der Waals surface area (Å²) in [7, 11) is 1.75. The third-order valence-corrected chi connectivity index (χ3v) is 4.73. The molecule has 3 aromatic rings. The molecule has 130 valence electrons. The SMILES string of the molecule is Cc1ccc2[nH]c(=O)cc(C(=O)N(C)C(C)c3c(C)n[nH]c3C)c2c1. The summed E-state index contributed by atoms with van der Waals surface area (Å²) in [6, 6.07) is 6.88. The van der Waals surface area contributed by atoms with Crippen LogP contribution >= 0.6 is 0 Å². The lowest BCUT2D eigenvalue weighted by atomic mass is 10.0. The van der Waals surface area contributed by atoms with Crippen LogP contribution in [0.25, 0.3) is 10.9 Å². The van der Waals surface area contributed by atoms with Crippen molar-refractivity contribution in [3.8, 4) is 0 Å².